The summed E-state index contributed by atoms with van der Waals surface area (Å²) in [6, 6.07) is 6.44. The van der Waals surface area contributed by atoms with Gasteiger partial charge in [0.25, 0.3) is 0 Å². The van der Waals surface area contributed by atoms with Crippen LogP contribution in [-0.4, -0.2) is 35.1 Å². The van der Waals surface area contributed by atoms with Crippen molar-refractivity contribution in [2.45, 2.75) is 45.6 Å². The first-order valence-corrected chi connectivity index (χ1v) is 7.63. The Morgan fingerprint density at radius 2 is 1.95 bits per heavy atom. The maximum absolute atomic E-state index is 5.91. The number of aromatic nitrogens is 2. The minimum Gasteiger partial charge on any atom is -0.399 e. The van der Waals surface area contributed by atoms with E-state index in [4.69, 9.17) is 10.7 Å². The van der Waals surface area contributed by atoms with Gasteiger partial charge in [0, 0.05) is 17.1 Å². The van der Waals surface area contributed by atoms with Crippen molar-refractivity contribution < 1.29 is 0 Å². The number of imidazole rings is 1. The SMILES string of the molecule is CC(CCN(C)C)n1c(C(C)(C)C)nc2cc(N)ccc21. The fraction of sp³-hybridized carbons (Fsp3) is 0.588. The van der Waals surface area contributed by atoms with Gasteiger partial charge < -0.3 is 15.2 Å². The summed E-state index contributed by atoms with van der Waals surface area (Å²) in [5.74, 6) is 1.13. The summed E-state index contributed by atoms with van der Waals surface area (Å²) in [7, 11) is 4.23. The highest BCUT2D eigenvalue weighted by Gasteiger charge is 2.25. The van der Waals surface area contributed by atoms with Crippen LogP contribution in [0, 0.1) is 0 Å². The molecule has 4 nitrogen and oxygen atoms in total. The lowest BCUT2D eigenvalue weighted by Gasteiger charge is -2.25. The molecule has 0 fully saturated rings. The van der Waals surface area contributed by atoms with E-state index in [-0.39, 0.29) is 5.41 Å². The highest BCUT2D eigenvalue weighted by molar-refractivity contribution is 5.80. The molecule has 1 atom stereocenters. The van der Waals surface area contributed by atoms with Gasteiger partial charge in [-0.3, -0.25) is 0 Å². The van der Waals surface area contributed by atoms with E-state index in [1.54, 1.807) is 0 Å². The summed E-state index contributed by atoms with van der Waals surface area (Å²) in [5, 5.41) is 0. The number of anilines is 1. The lowest BCUT2D eigenvalue weighted by Crippen LogP contribution is -2.23. The molecule has 0 aliphatic carbocycles. The fourth-order valence-electron chi connectivity index (χ4n) is 2.67. The molecule has 0 radical (unpaired) electrons. The summed E-state index contributed by atoms with van der Waals surface area (Å²) in [6.45, 7) is 9.99. The molecule has 1 unspecified atom stereocenters. The minimum atomic E-state index is 0.0140. The zero-order valence-corrected chi connectivity index (χ0v) is 14.1. The van der Waals surface area contributed by atoms with Gasteiger partial charge in [-0.1, -0.05) is 20.8 Å². The molecule has 21 heavy (non-hydrogen) atoms. The molecule has 1 aromatic carbocycles. The Morgan fingerprint density at radius 3 is 2.52 bits per heavy atom. The molecule has 4 heteroatoms. The molecule has 0 amide bonds. The molecule has 0 aliphatic heterocycles. The second-order valence-electron chi connectivity index (χ2n) is 7.24. The van der Waals surface area contributed by atoms with Crippen LogP contribution in [0.5, 0.6) is 0 Å². The Morgan fingerprint density at radius 1 is 1.29 bits per heavy atom. The normalized spacial score (nSPS) is 14.0. The largest absolute Gasteiger partial charge is 0.399 e. The summed E-state index contributed by atoms with van der Waals surface area (Å²) in [4.78, 5) is 7.09. The first-order chi connectivity index (χ1) is 9.70. The van der Waals surface area contributed by atoms with Gasteiger partial charge in [-0.15, -0.1) is 0 Å². The van der Waals surface area contributed by atoms with Gasteiger partial charge in [-0.25, -0.2) is 4.98 Å². The molecule has 1 heterocycles. The van der Waals surface area contributed by atoms with Gasteiger partial charge in [0.2, 0.25) is 0 Å². The van der Waals surface area contributed by atoms with Crippen LogP contribution in [0.4, 0.5) is 5.69 Å². The van der Waals surface area contributed by atoms with Crippen LogP contribution in [0.2, 0.25) is 0 Å². The Balaban J connectivity index is 2.52. The van der Waals surface area contributed by atoms with E-state index >= 15 is 0 Å². The quantitative estimate of drug-likeness (QED) is 0.877. The van der Waals surface area contributed by atoms with Crippen LogP contribution in [0.1, 0.15) is 46.0 Å². The van der Waals surface area contributed by atoms with Crippen molar-refractivity contribution in [3.63, 3.8) is 0 Å². The number of hydrogen-bond acceptors (Lipinski definition) is 3. The van der Waals surface area contributed by atoms with Crippen molar-refractivity contribution in [1.82, 2.24) is 14.5 Å². The van der Waals surface area contributed by atoms with Crippen LogP contribution < -0.4 is 5.73 Å². The molecule has 1 aromatic heterocycles. The minimum absolute atomic E-state index is 0.0140. The maximum atomic E-state index is 5.91. The first-order valence-electron chi connectivity index (χ1n) is 7.63. The predicted molar refractivity (Wildman–Crippen MR) is 90.7 cm³/mol. The lowest BCUT2D eigenvalue weighted by molar-refractivity contribution is 0.350. The number of nitrogens with zero attached hydrogens (tertiary/aromatic N) is 3. The van der Waals surface area contributed by atoms with E-state index in [1.165, 1.54) is 5.52 Å². The van der Waals surface area contributed by atoms with Crippen molar-refractivity contribution in [1.29, 1.82) is 0 Å². The lowest BCUT2D eigenvalue weighted by atomic mass is 9.95. The zero-order valence-electron chi connectivity index (χ0n) is 14.1. The standard InChI is InChI=1S/C17H28N4/c1-12(9-10-20(5)6)21-15-8-7-13(18)11-14(15)19-16(21)17(2,3)4/h7-8,11-12H,9-10,18H2,1-6H3. The third-order valence-corrected chi connectivity index (χ3v) is 3.82. The Kier molecular flexibility index (Phi) is 4.28. The van der Waals surface area contributed by atoms with Crippen molar-refractivity contribution >= 4 is 16.7 Å². The monoisotopic (exact) mass is 288 g/mol. The van der Waals surface area contributed by atoms with E-state index in [0.29, 0.717) is 6.04 Å². The van der Waals surface area contributed by atoms with E-state index in [0.717, 1.165) is 30.0 Å². The average Bonchev–Trinajstić information content (AvgIpc) is 2.74. The molecule has 0 spiro atoms. The third-order valence-electron chi connectivity index (χ3n) is 3.82. The van der Waals surface area contributed by atoms with Gasteiger partial charge in [0.05, 0.1) is 11.0 Å². The topological polar surface area (TPSA) is 47.1 Å². The Hall–Kier alpha value is -1.55. The van der Waals surface area contributed by atoms with Gasteiger partial charge in [-0.2, -0.15) is 0 Å². The van der Waals surface area contributed by atoms with Crippen LogP contribution >= 0.6 is 0 Å². The van der Waals surface area contributed by atoms with Crippen molar-refractivity contribution in [3.05, 3.63) is 24.0 Å². The third kappa shape index (κ3) is 3.38. The number of nitrogen functional groups attached to an aromatic ring is 1. The summed E-state index contributed by atoms with van der Waals surface area (Å²) < 4.78 is 2.39. The smallest absolute Gasteiger partial charge is 0.115 e. The Bertz CT molecular complexity index is 619. The second-order valence-corrected chi connectivity index (χ2v) is 7.24. The molecule has 116 valence electrons. The molecule has 0 aliphatic rings. The molecule has 2 rings (SSSR count). The van der Waals surface area contributed by atoms with Crippen LogP contribution in [0.3, 0.4) is 0 Å². The molecule has 0 saturated carbocycles. The molecular formula is C17H28N4. The number of nitrogens with two attached hydrogens (primary N) is 1. The van der Waals surface area contributed by atoms with Gasteiger partial charge in [0.15, 0.2) is 0 Å². The average molecular weight is 288 g/mol. The second kappa shape index (κ2) is 5.68. The van der Waals surface area contributed by atoms with Crippen molar-refractivity contribution in [2.24, 2.45) is 0 Å². The molecule has 2 aromatic rings. The van der Waals surface area contributed by atoms with Crippen LogP contribution in [0.25, 0.3) is 11.0 Å². The summed E-state index contributed by atoms with van der Waals surface area (Å²) in [5.41, 5.74) is 8.87. The highest BCUT2D eigenvalue weighted by Crippen LogP contribution is 2.31. The molecule has 2 N–H and O–H groups in total. The molecule has 0 saturated heterocycles. The number of benzene rings is 1. The fourth-order valence-corrected chi connectivity index (χ4v) is 2.67. The van der Waals surface area contributed by atoms with E-state index in [1.807, 2.05) is 12.1 Å². The number of hydrogen-bond donors (Lipinski definition) is 1. The van der Waals surface area contributed by atoms with Gasteiger partial charge in [0.1, 0.15) is 5.82 Å². The Labute approximate surface area is 128 Å². The van der Waals surface area contributed by atoms with Crippen molar-refractivity contribution in [3.8, 4) is 0 Å². The van der Waals surface area contributed by atoms with Crippen LogP contribution in [0.15, 0.2) is 18.2 Å². The predicted octanol–water partition coefficient (Wildman–Crippen LogP) is 3.43. The molecule has 0 bridgehead atoms. The first kappa shape index (κ1) is 15.8. The summed E-state index contributed by atoms with van der Waals surface area (Å²) in [6.07, 6.45) is 1.10. The molecular weight excluding hydrogens is 260 g/mol. The highest BCUT2D eigenvalue weighted by atomic mass is 15.1. The zero-order chi connectivity index (χ0) is 15.8. The van der Waals surface area contributed by atoms with E-state index < -0.39 is 0 Å². The van der Waals surface area contributed by atoms with Crippen LogP contribution in [-0.2, 0) is 5.41 Å². The summed E-state index contributed by atoms with van der Waals surface area (Å²) >= 11 is 0. The van der Waals surface area contributed by atoms with Gasteiger partial charge in [-0.05, 0) is 52.2 Å². The maximum Gasteiger partial charge on any atom is 0.115 e. The number of fused-ring (bicyclic) bond motifs is 1. The van der Waals surface area contributed by atoms with Gasteiger partial charge >= 0.3 is 0 Å². The van der Waals surface area contributed by atoms with E-state index in [9.17, 15) is 0 Å². The van der Waals surface area contributed by atoms with E-state index in [2.05, 4.69) is 57.3 Å². The van der Waals surface area contributed by atoms with Crippen molar-refractivity contribution in [2.75, 3.05) is 26.4 Å². The number of rotatable bonds is 4.